The zero-order valence-corrected chi connectivity index (χ0v) is 10.2. The number of carbonyl (C=O) groups is 1. The van der Waals surface area contributed by atoms with Crippen molar-refractivity contribution in [1.82, 2.24) is 10.2 Å². The highest BCUT2D eigenvalue weighted by atomic mass is 32.1. The maximum absolute atomic E-state index is 12.1. The first kappa shape index (κ1) is 12.0. The summed E-state index contributed by atoms with van der Waals surface area (Å²) in [6.45, 7) is 4.14. The maximum atomic E-state index is 12.1. The fraction of sp³-hybridized carbons (Fsp3) is 0.500. The molecule has 1 N–H and O–H groups in total. The van der Waals surface area contributed by atoms with Gasteiger partial charge in [0, 0.05) is 31.7 Å². The quantitative estimate of drug-likeness (QED) is 0.634. The molecule has 1 saturated heterocycles. The summed E-state index contributed by atoms with van der Waals surface area (Å²) in [6.07, 6.45) is 0. The summed E-state index contributed by atoms with van der Waals surface area (Å²) in [4.78, 5) is 24.4. The molecule has 1 atom stereocenters. The third-order valence-corrected chi connectivity index (χ3v) is 3.77. The third kappa shape index (κ3) is 2.45. The molecule has 0 bridgehead atoms. The van der Waals surface area contributed by atoms with Crippen LogP contribution in [0.15, 0.2) is 12.1 Å². The molecule has 1 fully saturated rings. The van der Waals surface area contributed by atoms with E-state index >= 15 is 0 Å². The number of hydrogen-bond acceptors (Lipinski definition) is 5. The number of hydrogen-bond donors (Lipinski definition) is 1. The highest BCUT2D eigenvalue weighted by Gasteiger charge is 2.26. The Morgan fingerprint density at radius 2 is 2.41 bits per heavy atom. The normalized spacial score (nSPS) is 20.3. The van der Waals surface area contributed by atoms with Crippen LogP contribution < -0.4 is 5.32 Å². The predicted molar refractivity (Wildman–Crippen MR) is 64.3 cm³/mol. The first-order valence-corrected chi connectivity index (χ1v) is 6.17. The van der Waals surface area contributed by atoms with Gasteiger partial charge in [-0.2, -0.15) is 0 Å². The molecular weight excluding hydrogens is 242 g/mol. The van der Waals surface area contributed by atoms with Gasteiger partial charge in [-0.25, -0.2) is 0 Å². The summed E-state index contributed by atoms with van der Waals surface area (Å²) in [5, 5.41) is 13.8. The molecule has 1 aromatic heterocycles. The molecule has 1 aromatic rings. The molecule has 6 nitrogen and oxygen atoms in total. The van der Waals surface area contributed by atoms with Gasteiger partial charge in [0.2, 0.25) is 0 Å². The lowest BCUT2D eigenvalue weighted by Gasteiger charge is -2.33. The topological polar surface area (TPSA) is 75.5 Å². The van der Waals surface area contributed by atoms with Gasteiger partial charge in [0.1, 0.15) is 0 Å². The summed E-state index contributed by atoms with van der Waals surface area (Å²) in [7, 11) is 0. The van der Waals surface area contributed by atoms with Crippen molar-refractivity contribution in [1.29, 1.82) is 0 Å². The van der Waals surface area contributed by atoms with E-state index < -0.39 is 4.92 Å². The zero-order valence-electron chi connectivity index (χ0n) is 9.38. The van der Waals surface area contributed by atoms with Crippen molar-refractivity contribution in [3.8, 4) is 0 Å². The van der Waals surface area contributed by atoms with Crippen LogP contribution in [0, 0.1) is 10.1 Å². The molecule has 0 aromatic carbocycles. The average Bonchev–Trinajstić information content (AvgIpc) is 2.78. The number of piperazine rings is 1. The van der Waals surface area contributed by atoms with E-state index in [9.17, 15) is 14.9 Å². The number of nitrogens with zero attached hydrogens (tertiary/aromatic N) is 2. The van der Waals surface area contributed by atoms with Gasteiger partial charge in [0.25, 0.3) is 5.91 Å². The van der Waals surface area contributed by atoms with Crippen molar-refractivity contribution < 1.29 is 9.72 Å². The second kappa shape index (κ2) is 4.80. The van der Waals surface area contributed by atoms with E-state index in [1.165, 1.54) is 12.1 Å². The van der Waals surface area contributed by atoms with Crippen molar-refractivity contribution in [2.45, 2.75) is 13.0 Å². The average molecular weight is 255 g/mol. The Morgan fingerprint density at radius 3 is 3.00 bits per heavy atom. The lowest BCUT2D eigenvalue weighted by molar-refractivity contribution is -0.380. The number of thiophene rings is 1. The summed E-state index contributed by atoms with van der Waals surface area (Å²) in [5.41, 5.74) is 0. The fourth-order valence-electron chi connectivity index (χ4n) is 1.83. The van der Waals surface area contributed by atoms with Gasteiger partial charge in [-0.15, -0.1) is 0 Å². The van der Waals surface area contributed by atoms with Crippen molar-refractivity contribution >= 4 is 22.2 Å². The van der Waals surface area contributed by atoms with Crippen molar-refractivity contribution in [3.05, 3.63) is 27.1 Å². The number of amides is 1. The van der Waals surface area contributed by atoms with Gasteiger partial charge < -0.3 is 10.2 Å². The fourth-order valence-corrected chi connectivity index (χ4v) is 2.60. The number of nitro groups is 1. The Balaban J connectivity index is 2.15. The van der Waals surface area contributed by atoms with Gasteiger partial charge in [-0.1, -0.05) is 11.3 Å². The molecule has 1 amide bonds. The number of carbonyl (C=O) groups excluding carboxylic acids is 1. The van der Waals surface area contributed by atoms with Crippen LogP contribution in [0.5, 0.6) is 0 Å². The molecule has 0 aliphatic carbocycles. The molecule has 1 aliphatic heterocycles. The van der Waals surface area contributed by atoms with E-state index in [2.05, 4.69) is 5.32 Å². The summed E-state index contributed by atoms with van der Waals surface area (Å²) in [5.74, 6) is -0.114. The molecule has 1 aliphatic rings. The predicted octanol–water partition coefficient (Wildman–Crippen LogP) is 1.09. The molecule has 2 rings (SSSR count). The monoisotopic (exact) mass is 255 g/mol. The van der Waals surface area contributed by atoms with E-state index in [0.717, 1.165) is 24.4 Å². The van der Waals surface area contributed by atoms with Gasteiger partial charge >= 0.3 is 5.00 Å². The van der Waals surface area contributed by atoms with Crippen LogP contribution in [0.1, 0.15) is 16.6 Å². The molecule has 0 spiro atoms. The Hall–Kier alpha value is -1.47. The molecule has 92 valence electrons. The van der Waals surface area contributed by atoms with Crippen molar-refractivity contribution in [2.75, 3.05) is 19.6 Å². The largest absolute Gasteiger partial charge is 0.333 e. The van der Waals surface area contributed by atoms with Crippen molar-refractivity contribution in [3.63, 3.8) is 0 Å². The zero-order chi connectivity index (χ0) is 12.4. The minimum Gasteiger partial charge on any atom is -0.333 e. The summed E-state index contributed by atoms with van der Waals surface area (Å²) < 4.78 is 0. The van der Waals surface area contributed by atoms with Gasteiger partial charge in [-0.05, 0) is 13.0 Å². The van der Waals surface area contributed by atoms with Gasteiger partial charge in [0.05, 0.1) is 9.80 Å². The lowest BCUT2D eigenvalue weighted by atomic mass is 10.2. The standard InChI is InChI=1S/C10H13N3O3S/c1-7-6-11-4-5-12(7)10(14)8-2-3-9(17-8)13(15)16/h2-3,7,11H,4-6H2,1H3/t7-/m1/s1. The van der Waals surface area contributed by atoms with E-state index in [4.69, 9.17) is 0 Å². The van der Waals surface area contributed by atoms with E-state index in [-0.39, 0.29) is 17.0 Å². The second-order valence-corrected chi connectivity index (χ2v) is 5.01. The first-order chi connectivity index (χ1) is 8.09. The minimum absolute atomic E-state index is 0.0103. The Kier molecular flexibility index (Phi) is 3.39. The third-order valence-electron chi connectivity index (χ3n) is 2.74. The smallest absolute Gasteiger partial charge is 0.324 e. The second-order valence-electron chi connectivity index (χ2n) is 3.95. The van der Waals surface area contributed by atoms with Crippen molar-refractivity contribution in [2.24, 2.45) is 0 Å². The summed E-state index contributed by atoms with van der Waals surface area (Å²) >= 11 is 0.934. The van der Waals surface area contributed by atoms with Crippen LogP contribution in [0.25, 0.3) is 0 Å². The maximum Gasteiger partial charge on any atom is 0.324 e. The molecule has 2 heterocycles. The lowest BCUT2D eigenvalue weighted by Crippen LogP contribution is -2.52. The molecule has 0 radical (unpaired) electrons. The van der Waals surface area contributed by atoms with E-state index in [0.29, 0.717) is 11.4 Å². The van der Waals surface area contributed by atoms with Crippen LogP contribution in [0.3, 0.4) is 0 Å². The Morgan fingerprint density at radius 1 is 1.65 bits per heavy atom. The van der Waals surface area contributed by atoms with Crippen LogP contribution in [0.2, 0.25) is 0 Å². The van der Waals surface area contributed by atoms with Crippen LogP contribution in [-0.4, -0.2) is 41.4 Å². The van der Waals surface area contributed by atoms with Crippen LogP contribution in [-0.2, 0) is 0 Å². The number of rotatable bonds is 2. The summed E-state index contributed by atoms with van der Waals surface area (Å²) in [6, 6.07) is 3.03. The van der Waals surface area contributed by atoms with E-state index in [1.807, 2.05) is 6.92 Å². The van der Waals surface area contributed by atoms with Crippen LogP contribution >= 0.6 is 11.3 Å². The molecule has 0 saturated carbocycles. The SMILES string of the molecule is C[C@@H]1CNCCN1C(=O)c1ccc([N+](=O)[O-])s1. The Labute approximate surface area is 102 Å². The Bertz CT molecular complexity index is 446. The van der Waals surface area contributed by atoms with Gasteiger partial charge in [-0.3, -0.25) is 14.9 Å². The van der Waals surface area contributed by atoms with Gasteiger partial charge in [0.15, 0.2) is 0 Å². The van der Waals surface area contributed by atoms with E-state index in [1.54, 1.807) is 4.90 Å². The highest BCUT2D eigenvalue weighted by molar-refractivity contribution is 7.17. The minimum atomic E-state index is -0.470. The molecule has 7 heteroatoms. The molecule has 0 unspecified atom stereocenters. The molecular formula is C10H13N3O3S. The van der Waals surface area contributed by atoms with Crippen LogP contribution in [0.4, 0.5) is 5.00 Å². The molecule has 17 heavy (non-hydrogen) atoms. The number of nitrogens with one attached hydrogen (secondary N) is 1. The highest BCUT2D eigenvalue weighted by Crippen LogP contribution is 2.25. The first-order valence-electron chi connectivity index (χ1n) is 5.35.